The van der Waals surface area contributed by atoms with Crippen LogP contribution in [0.2, 0.25) is 0 Å². The van der Waals surface area contributed by atoms with E-state index in [9.17, 15) is 4.79 Å². The third-order valence-corrected chi connectivity index (χ3v) is 4.80. The number of ether oxygens (including phenoxy) is 1. The van der Waals surface area contributed by atoms with Crippen LogP contribution in [-0.4, -0.2) is 37.8 Å². The number of fused-ring (bicyclic) bond motifs is 1. The number of H-pyrrole nitrogens is 1. The SMILES string of the molecule is COC(=O)c1ccc(-n2nc(C)c3[nH]c(-c4cnc(C)s4)nc32)cc1. The molecule has 0 saturated carbocycles. The van der Waals surface area contributed by atoms with E-state index < -0.39 is 0 Å². The predicted octanol–water partition coefficient (Wildman–Crippen LogP) is 3.28. The fourth-order valence-electron chi connectivity index (χ4n) is 2.64. The van der Waals surface area contributed by atoms with Gasteiger partial charge >= 0.3 is 5.97 Å². The number of carbonyl (C=O) groups excluding carboxylic acids is 1. The minimum Gasteiger partial charge on any atom is -0.465 e. The van der Waals surface area contributed by atoms with Crippen LogP contribution in [0.5, 0.6) is 0 Å². The van der Waals surface area contributed by atoms with Crippen molar-refractivity contribution in [2.24, 2.45) is 0 Å². The van der Waals surface area contributed by atoms with Crippen molar-refractivity contribution in [1.82, 2.24) is 24.7 Å². The highest BCUT2D eigenvalue weighted by atomic mass is 32.1. The first kappa shape index (κ1) is 15.5. The standard InChI is InChI=1S/C17H15N5O2S/c1-9-14-16(20-15(19-14)13-8-18-10(2)25-13)22(21-9)12-6-4-11(5-7-12)17(23)24-3/h4-8H,1-3H3,(H,19,20). The molecular formula is C17H15N5O2S. The predicted molar refractivity (Wildman–Crippen MR) is 95.1 cm³/mol. The van der Waals surface area contributed by atoms with E-state index in [-0.39, 0.29) is 5.97 Å². The lowest BCUT2D eigenvalue weighted by molar-refractivity contribution is 0.0600. The van der Waals surface area contributed by atoms with Gasteiger partial charge in [-0.1, -0.05) is 0 Å². The molecule has 1 aromatic carbocycles. The van der Waals surface area contributed by atoms with Gasteiger partial charge in [-0.05, 0) is 38.1 Å². The van der Waals surface area contributed by atoms with Crippen molar-refractivity contribution in [3.63, 3.8) is 0 Å². The van der Waals surface area contributed by atoms with Gasteiger partial charge in [-0.3, -0.25) is 0 Å². The Morgan fingerprint density at radius 1 is 1.24 bits per heavy atom. The maximum atomic E-state index is 11.6. The second kappa shape index (κ2) is 5.82. The molecule has 0 bridgehead atoms. The van der Waals surface area contributed by atoms with Gasteiger partial charge in [-0.25, -0.2) is 19.4 Å². The smallest absolute Gasteiger partial charge is 0.337 e. The molecule has 0 aliphatic heterocycles. The Labute approximate surface area is 147 Å². The summed E-state index contributed by atoms with van der Waals surface area (Å²) in [6, 6.07) is 7.07. The quantitative estimate of drug-likeness (QED) is 0.571. The summed E-state index contributed by atoms with van der Waals surface area (Å²) in [6.07, 6.45) is 1.82. The summed E-state index contributed by atoms with van der Waals surface area (Å²) in [5.41, 5.74) is 3.80. The Morgan fingerprint density at radius 2 is 2.00 bits per heavy atom. The van der Waals surface area contributed by atoms with Crippen molar-refractivity contribution in [2.45, 2.75) is 13.8 Å². The summed E-state index contributed by atoms with van der Waals surface area (Å²) in [5, 5.41) is 5.54. The summed E-state index contributed by atoms with van der Waals surface area (Å²) < 4.78 is 6.49. The fraction of sp³-hybridized carbons (Fsp3) is 0.176. The first-order valence-electron chi connectivity index (χ1n) is 7.63. The van der Waals surface area contributed by atoms with E-state index in [4.69, 9.17) is 9.72 Å². The van der Waals surface area contributed by atoms with Crippen molar-refractivity contribution in [1.29, 1.82) is 0 Å². The number of esters is 1. The number of aromatic amines is 1. The first-order chi connectivity index (χ1) is 12.1. The van der Waals surface area contributed by atoms with Crippen molar-refractivity contribution in [2.75, 3.05) is 7.11 Å². The van der Waals surface area contributed by atoms with Crippen LogP contribution < -0.4 is 0 Å². The molecule has 0 spiro atoms. The summed E-state index contributed by atoms with van der Waals surface area (Å²) in [4.78, 5) is 24.9. The second-order valence-electron chi connectivity index (χ2n) is 5.56. The topological polar surface area (TPSA) is 85.7 Å². The van der Waals surface area contributed by atoms with Crippen molar-refractivity contribution >= 4 is 28.5 Å². The number of hydrogen-bond donors (Lipinski definition) is 1. The molecular weight excluding hydrogens is 338 g/mol. The number of benzene rings is 1. The maximum Gasteiger partial charge on any atom is 0.337 e. The van der Waals surface area contributed by atoms with Gasteiger partial charge in [0, 0.05) is 6.20 Å². The van der Waals surface area contributed by atoms with Crippen LogP contribution in [0, 0.1) is 13.8 Å². The number of aryl methyl sites for hydroxylation is 2. The van der Waals surface area contributed by atoms with E-state index in [0.29, 0.717) is 5.56 Å². The van der Waals surface area contributed by atoms with Gasteiger partial charge < -0.3 is 9.72 Å². The highest BCUT2D eigenvalue weighted by Crippen LogP contribution is 2.28. The summed E-state index contributed by atoms with van der Waals surface area (Å²) in [6.45, 7) is 3.90. The molecule has 7 nitrogen and oxygen atoms in total. The van der Waals surface area contributed by atoms with Crippen molar-refractivity contribution in [3.8, 4) is 16.4 Å². The maximum absolute atomic E-state index is 11.6. The third-order valence-electron chi connectivity index (χ3n) is 3.88. The van der Waals surface area contributed by atoms with Crippen LogP contribution in [-0.2, 0) is 4.74 Å². The largest absolute Gasteiger partial charge is 0.465 e. The number of carbonyl (C=O) groups is 1. The molecule has 1 N–H and O–H groups in total. The number of imidazole rings is 1. The Balaban J connectivity index is 1.79. The lowest BCUT2D eigenvalue weighted by Gasteiger charge is -2.03. The second-order valence-corrected chi connectivity index (χ2v) is 6.80. The zero-order chi connectivity index (χ0) is 17.6. The Kier molecular flexibility index (Phi) is 3.61. The summed E-state index contributed by atoms with van der Waals surface area (Å²) in [7, 11) is 1.36. The minimum absolute atomic E-state index is 0.365. The zero-order valence-electron chi connectivity index (χ0n) is 13.9. The highest BCUT2D eigenvalue weighted by molar-refractivity contribution is 7.14. The van der Waals surface area contributed by atoms with Crippen LogP contribution in [0.3, 0.4) is 0 Å². The van der Waals surface area contributed by atoms with Gasteiger partial charge in [0.25, 0.3) is 0 Å². The molecule has 4 rings (SSSR count). The van der Waals surface area contributed by atoms with E-state index in [0.717, 1.165) is 38.3 Å². The fourth-order valence-corrected chi connectivity index (χ4v) is 3.36. The molecule has 25 heavy (non-hydrogen) atoms. The van der Waals surface area contributed by atoms with E-state index in [2.05, 4.69) is 15.1 Å². The van der Waals surface area contributed by atoms with Crippen LogP contribution in [0.25, 0.3) is 27.6 Å². The van der Waals surface area contributed by atoms with Gasteiger partial charge in [0.15, 0.2) is 11.5 Å². The molecule has 0 atom stereocenters. The Morgan fingerprint density at radius 3 is 2.64 bits per heavy atom. The third kappa shape index (κ3) is 2.60. The number of nitrogens with zero attached hydrogens (tertiary/aromatic N) is 4. The van der Waals surface area contributed by atoms with E-state index >= 15 is 0 Å². The Hall–Kier alpha value is -3.00. The van der Waals surface area contributed by atoms with E-state index in [1.165, 1.54) is 7.11 Å². The van der Waals surface area contributed by atoms with Gasteiger partial charge in [-0.15, -0.1) is 11.3 Å². The number of nitrogens with one attached hydrogen (secondary N) is 1. The van der Waals surface area contributed by atoms with Crippen molar-refractivity contribution in [3.05, 3.63) is 46.7 Å². The Bertz CT molecular complexity index is 1070. The lowest BCUT2D eigenvalue weighted by Crippen LogP contribution is -2.02. The molecule has 4 aromatic rings. The van der Waals surface area contributed by atoms with Gasteiger partial charge in [0.05, 0.1) is 33.9 Å². The normalized spacial score (nSPS) is 11.2. The molecule has 0 radical (unpaired) electrons. The lowest BCUT2D eigenvalue weighted by atomic mass is 10.2. The van der Waals surface area contributed by atoms with Crippen LogP contribution in [0.4, 0.5) is 0 Å². The molecule has 0 fully saturated rings. The average Bonchev–Trinajstić information content (AvgIpc) is 3.31. The average molecular weight is 353 g/mol. The number of aromatic nitrogens is 5. The van der Waals surface area contributed by atoms with Gasteiger partial charge in [-0.2, -0.15) is 5.10 Å². The molecule has 8 heteroatoms. The van der Waals surface area contributed by atoms with Crippen LogP contribution in [0.15, 0.2) is 30.5 Å². The van der Waals surface area contributed by atoms with Crippen LogP contribution >= 0.6 is 11.3 Å². The number of hydrogen-bond acceptors (Lipinski definition) is 6. The number of thiazole rings is 1. The highest BCUT2D eigenvalue weighted by Gasteiger charge is 2.16. The van der Waals surface area contributed by atoms with Crippen molar-refractivity contribution < 1.29 is 9.53 Å². The minimum atomic E-state index is -0.365. The number of methoxy groups -OCH3 is 1. The van der Waals surface area contributed by atoms with Gasteiger partial charge in [0.2, 0.25) is 0 Å². The molecule has 126 valence electrons. The summed E-state index contributed by atoms with van der Waals surface area (Å²) in [5.74, 6) is 0.414. The summed E-state index contributed by atoms with van der Waals surface area (Å²) >= 11 is 1.59. The monoisotopic (exact) mass is 353 g/mol. The van der Waals surface area contributed by atoms with Gasteiger partial charge in [0.1, 0.15) is 5.52 Å². The first-order valence-corrected chi connectivity index (χ1v) is 8.45. The van der Waals surface area contributed by atoms with E-state index in [1.807, 2.05) is 32.2 Å². The molecule has 3 heterocycles. The number of rotatable bonds is 3. The van der Waals surface area contributed by atoms with E-state index in [1.54, 1.807) is 28.2 Å². The zero-order valence-corrected chi connectivity index (χ0v) is 14.7. The molecule has 0 unspecified atom stereocenters. The van der Waals surface area contributed by atoms with Crippen LogP contribution in [0.1, 0.15) is 21.1 Å². The molecule has 0 aliphatic rings. The molecule has 0 saturated heterocycles. The molecule has 0 aliphatic carbocycles. The molecule has 0 amide bonds. The molecule has 3 aromatic heterocycles.